The van der Waals surface area contributed by atoms with Gasteiger partial charge < -0.3 is 9.47 Å². The Kier molecular flexibility index (Phi) is 5.30. The summed E-state index contributed by atoms with van der Waals surface area (Å²) < 4.78 is 17.1. The molecule has 1 aliphatic heterocycles. The minimum absolute atomic E-state index is 0.302. The molecule has 0 aliphatic carbocycles. The van der Waals surface area contributed by atoms with Gasteiger partial charge >= 0.3 is 0 Å². The van der Waals surface area contributed by atoms with Crippen LogP contribution in [0.4, 0.5) is 10.1 Å². The summed E-state index contributed by atoms with van der Waals surface area (Å²) in [5, 5.41) is 22.9. The van der Waals surface area contributed by atoms with Crippen LogP contribution in [0.2, 0.25) is 0 Å². The van der Waals surface area contributed by atoms with Gasteiger partial charge in [-0.05, 0) is 44.0 Å². The van der Waals surface area contributed by atoms with E-state index in [2.05, 4.69) is 36.2 Å². The molecular weight excluding hydrogens is 421 g/mol. The lowest BCUT2D eigenvalue weighted by Gasteiger charge is -2.35. The van der Waals surface area contributed by atoms with E-state index in [1.165, 1.54) is 12.3 Å². The molecule has 0 amide bonds. The summed E-state index contributed by atoms with van der Waals surface area (Å²) >= 11 is 0. The molecule has 166 valence electrons. The van der Waals surface area contributed by atoms with Crippen LogP contribution < -0.4 is 4.90 Å². The summed E-state index contributed by atoms with van der Waals surface area (Å²) in [6.07, 6.45) is 6.59. The average Bonchev–Trinajstić information content (AvgIpc) is 3.47. The topological polar surface area (TPSA) is 101 Å². The molecule has 10 heteroatoms. The first-order valence-corrected chi connectivity index (χ1v) is 10.7. The molecule has 0 saturated carbocycles. The van der Waals surface area contributed by atoms with Crippen LogP contribution in [0.25, 0.3) is 16.8 Å². The van der Waals surface area contributed by atoms with Gasteiger partial charge in [-0.2, -0.15) is 14.8 Å². The first kappa shape index (κ1) is 20.8. The molecule has 0 radical (unpaired) electrons. The third-order valence-corrected chi connectivity index (χ3v) is 6.08. The fourth-order valence-electron chi connectivity index (χ4n) is 4.46. The Bertz CT molecular complexity index is 1320. The highest BCUT2D eigenvalue weighted by atomic mass is 19.1. The predicted octanol–water partition coefficient (Wildman–Crippen LogP) is 3.16. The number of anilines is 1. The average molecular weight is 443 g/mol. The highest BCUT2D eigenvalue weighted by molar-refractivity contribution is 5.85. The number of nitrogens with zero attached hydrogens (tertiary/aromatic N) is 9. The number of rotatable bonds is 4. The van der Waals surface area contributed by atoms with Gasteiger partial charge in [0.25, 0.3) is 0 Å². The standard InChI is InChI=1S/C23H22FN9/c1-15-27-13-33(30-15)20-5-4-18(17-3-6-21(24)26-12-17)22(19(20)11-25)32-9-7-16(8-10-32)23-29-28-14-31(23)2/h3-6,12-14,16H,7-10H2,1-2H3. The predicted molar refractivity (Wildman–Crippen MR) is 119 cm³/mol. The van der Waals surface area contributed by atoms with Crippen LogP contribution >= 0.6 is 0 Å². The molecule has 0 N–H and O–H groups in total. The van der Waals surface area contributed by atoms with Crippen molar-refractivity contribution in [3.8, 4) is 22.9 Å². The van der Waals surface area contributed by atoms with E-state index in [9.17, 15) is 9.65 Å². The number of hydrogen-bond acceptors (Lipinski definition) is 7. The molecule has 0 atom stereocenters. The van der Waals surface area contributed by atoms with Crippen molar-refractivity contribution < 1.29 is 4.39 Å². The zero-order valence-corrected chi connectivity index (χ0v) is 18.4. The monoisotopic (exact) mass is 443 g/mol. The van der Waals surface area contributed by atoms with E-state index < -0.39 is 5.95 Å². The van der Waals surface area contributed by atoms with Crippen molar-refractivity contribution in [1.29, 1.82) is 5.26 Å². The highest BCUT2D eigenvalue weighted by Crippen LogP contribution is 2.39. The molecule has 4 aromatic rings. The van der Waals surface area contributed by atoms with Crippen molar-refractivity contribution in [1.82, 2.24) is 34.5 Å². The summed E-state index contributed by atoms with van der Waals surface area (Å²) in [6.45, 7) is 3.29. The number of aryl methyl sites for hydroxylation is 2. The van der Waals surface area contributed by atoms with Crippen molar-refractivity contribution in [2.24, 2.45) is 7.05 Å². The number of benzene rings is 1. The van der Waals surface area contributed by atoms with Gasteiger partial charge in [-0.1, -0.05) is 0 Å². The van der Waals surface area contributed by atoms with Crippen LogP contribution in [0.5, 0.6) is 0 Å². The fourth-order valence-corrected chi connectivity index (χ4v) is 4.46. The second-order valence-electron chi connectivity index (χ2n) is 8.13. The van der Waals surface area contributed by atoms with E-state index in [0.29, 0.717) is 23.0 Å². The fraction of sp³-hybridized carbons (Fsp3) is 0.304. The lowest BCUT2D eigenvalue weighted by molar-refractivity contribution is 0.474. The number of piperidine rings is 1. The Balaban J connectivity index is 1.58. The second kappa shape index (κ2) is 8.43. The van der Waals surface area contributed by atoms with Gasteiger partial charge in [0.15, 0.2) is 0 Å². The minimum Gasteiger partial charge on any atom is -0.370 e. The van der Waals surface area contributed by atoms with Crippen molar-refractivity contribution in [3.05, 3.63) is 66.3 Å². The molecule has 33 heavy (non-hydrogen) atoms. The van der Waals surface area contributed by atoms with Crippen LogP contribution in [0.15, 0.2) is 43.1 Å². The molecule has 1 fully saturated rings. The van der Waals surface area contributed by atoms with Gasteiger partial charge in [0.2, 0.25) is 5.95 Å². The Morgan fingerprint density at radius 1 is 1.09 bits per heavy atom. The lowest BCUT2D eigenvalue weighted by atomic mass is 9.92. The van der Waals surface area contributed by atoms with Crippen LogP contribution in [0.3, 0.4) is 0 Å². The molecule has 3 aromatic heterocycles. The van der Waals surface area contributed by atoms with Crippen molar-refractivity contribution in [3.63, 3.8) is 0 Å². The van der Waals surface area contributed by atoms with Gasteiger partial charge in [0.05, 0.1) is 11.4 Å². The first-order valence-electron chi connectivity index (χ1n) is 10.7. The second-order valence-corrected chi connectivity index (χ2v) is 8.13. The summed E-state index contributed by atoms with van der Waals surface area (Å²) in [5.41, 5.74) is 3.53. The lowest BCUT2D eigenvalue weighted by Crippen LogP contribution is -2.34. The Morgan fingerprint density at radius 3 is 2.52 bits per heavy atom. The van der Waals surface area contributed by atoms with Crippen molar-refractivity contribution in [2.45, 2.75) is 25.7 Å². The molecule has 0 spiro atoms. The summed E-state index contributed by atoms with van der Waals surface area (Å²) in [6, 6.07) is 9.19. The van der Waals surface area contributed by atoms with Crippen molar-refractivity contribution >= 4 is 5.69 Å². The molecule has 1 aliphatic rings. The van der Waals surface area contributed by atoms with Gasteiger partial charge in [-0.15, -0.1) is 10.2 Å². The first-order chi connectivity index (χ1) is 16.0. The molecule has 4 heterocycles. The maximum atomic E-state index is 13.5. The van der Waals surface area contributed by atoms with Crippen LogP contribution in [0.1, 0.15) is 36.0 Å². The summed E-state index contributed by atoms with van der Waals surface area (Å²) in [5.74, 6) is 1.36. The Labute approximate surface area is 190 Å². The van der Waals surface area contributed by atoms with E-state index in [-0.39, 0.29) is 0 Å². The normalized spacial score (nSPS) is 14.4. The number of pyridine rings is 1. The number of halogens is 1. The number of nitriles is 1. The van der Waals surface area contributed by atoms with Gasteiger partial charge in [-0.25, -0.2) is 14.6 Å². The van der Waals surface area contributed by atoms with E-state index in [1.54, 1.807) is 30.3 Å². The van der Waals surface area contributed by atoms with Gasteiger partial charge in [0.1, 0.15) is 35.9 Å². The van der Waals surface area contributed by atoms with Crippen molar-refractivity contribution in [2.75, 3.05) is 18.0 Å². The zero-order valence-electron chi connectivity index (χ0n) is 18.4. The SMILES string of the molecule is Cc1ncn(-c2ccc(-c3ccc(F)nc3)c(N3CCC(c4nncn4C)CC3)c2C#N)n1. The summed E-state index contributed by atoms with van der Waals surface area (Å²) in [7, 11) is 1.96. The molecule has 5 rings (SSSR count). The largest absolute Gasteiger partial charge is 0.370 e. The highest BCUT2D eigenvalue weighted by Gasteiger charge is 2.28. The minimum atomic E-state index is -0.542. The van der Waals surface area contributed by atoms with E-state index in [1.807, 2.05) is 23.7 Å². The molecule has 0 bridgehead atoms. The molecule has 9 nitrogen and oxygen atoms in total. The molecular formula is C23H22FN9. The number of hydrogen-bond donors (Lipinski definition) is 0. The summed E-state index contributed by atoms with van der Waals surface area (Å²) in [4.78, 5) is 10.3. The molecule has 1 saturated heterocycles. The zero-order chi connectivity index (χ0) is 22.9. The van der Waals surface area contributed by atoms with E-state index in [0.717, 1.165) is 48.6 Å². The number of aromatic nitrogens is 7. The van der Waals surface area contributed by atoms with Gasteiger partial charge in [-0.3, -0.25) is 0 Å². The smallest absolute Gasteiger partial charge is 0.212 e. The molecule has 0 unspecified atom stereocenters. The molecule has 1 aromatic carbocycles. The van der Waals surface area contributed by atoms with E-state index >= 15 is 0 Å². The Morgan fingerprint density at radius 2 is 1.91 bits per heavy atom. The van der Waals surface area contributed by atoms with Gasteiger partial charge in [0, 0.05) is 43.4 Å². The maximum Gasteiger partial charge on any atom is 0.212 e. The Hall–Kier alpha value is -4.13. The van der Waals surface area contributed by atoms with Crippen LogP contribution in [-0.4, -0.2) is 47.6 Å². The third kappa shape index (κ3) is 3.82. The van der Waals surface area contributed by atoms with Crippen LogP contribution in [0, 0.1) is 24.2 Å². The van der Waals surface area contributed by atoms with Crippen LogP contribution in [-0.2, 0) is 7.05 Å². The third-order valence-electron chi connectivity index (χ3n) is 6.08. The maximum absolute atomic E-state index is 13.5. The van der Waals surface area contributed by atoms with E-state index in [4.69, 9.17) is 0 Å². The quantitative estimate of drug-likeness (QED) is 0.447.